The summed E-state index contributed by atoms with van der Waals surface area (Å²) in [5.74, 6) is -0.761. The zero-order chi connectivity index (χ0) is 29.6. The zero-order valence-corrected chi connectivity index (χ0v) is 22.9. The van der Waals surface area contributed by atoms with Crippen molar-refractivity contribution < 1.29 is 31.8 Å². The Balaban J connectivity index is 1.65. The summed E-state index contributed by atoms with van der Waals surface area (Å²) in [6, 6.07) is 5.19. The Labute approximate surface area is 236 Å². The second-order valence-electron chi connectivity index (χ2n) is 9.69. The number of alkyl halides is 3. The number of carbonyl (C=O) groups is 1. The highest BCUT2D eigenvalue weighted by Crippen LogP contribution is 2.37. The molecule has 2 N–H and O–H groups in total. The number of aromatic nitrogens is 1. The number of hydrogen-bond acceptors (Lipinski definition) is 6. The maximum Gasteiger partial charge on any atom is 0.417 e. The molecule has 2 aromatic rings. The van der Waals surface area contributed by atoms with Crippen LogP contribution in [0.2, 0.25) is 0 Å². The van der Waals surface area contributed by atoms with Crippen molar-refractivity contribution in [1.29, 1.82) is 0 Å². The molecular formula is C30H32F4N4O3. The number of amidine groups is 1. The summed E-state index contributed by atoms with van der Waals surface area (Å²) in [6.45, 7) is 4.86. The topological polar surface area (TPSA) is 84.8 Å². The molecule has 2 heterocycles. The predicted octanol–water partition coefficient (Wildman–Crippen LogP) is 5.74. The number of hydrogen-bond donors (Lipinski definition) is 2. The number of rotatable bonds is 9. The standard InChI is InChI=1S/C30H32F4N4O3/c1-4-18(23-9-7-19(17-40-2)28(23)41-3)15-37-29(39)20-12-22(16-36-27-6-5-11-35-27)38-26(13-20)24-10-8-21(31)14-25(24)30(32,33)34/h4,8,10,12-14,17,28H,1,5-7,9,11,15-16H2,2-3H3,(H,35,36)(H,37,39)/b19-17+,23-18+. The van der Waals surface area contributed by atoms with Gasteiger partial charge in [0, 0.05) is 37.7 Å². The van der Waals surface area contributed by atoms with Gasteiger partial charge in [-0.2, -0.15) is 13.2 Å². The summed E-state index contributed by atoms with van der Waals surface area (Å²) in [6.07, 6.45) is 1.28. The Morgan fingerprint density at radius 3 is 2.63 bits per heavy atom. The van der Waals surface area contributed by atoms with E-state index in [1.165, 1.54) is 12.1 Å². The lowest BCUT2D eigenvalue weighted by Crippen LogP contribution is -2.27. The number of nitrogens with zero attached hydrogens (tertiary/aromatic N) is 2. The van der Waals surface area contributed by atoms with Crippen LogP contribution in [-0.4, -0.2) is 50.1 Å². The van der Waals surface area contributed by atoms with E-state index in [4.69, 9.17) is 9.47 Å². The Morgan fingerprint density at radius 1 is 1.17 bits per heavy atom. The first-order valence-electron chi connectivity index (χ1n) is 13.2. The maximum absolute atomic E-state index is 13.8. The highest BCUT2D eigenvalue weighted by Gasteiger charge is 2.35. The van der Waals surface area contributed by atoms with Crippen molar-refractivity contribution in [2.45, 2.75) is 44.5 Å². The minimum absolute atomic E-state index is 0.0954. The number of benzene rings is 1. The molecular weight excluding hydrogens is 540 g/mol. The van der Waals surface area contributed by atoms with Crippen molar-refractivity contribution in [3.63, 3.8) is 0 Å². The maximum atomic E-state index is 13.8. The van der Waals surface area contributed by atoms with E-state index in [0.717, 1.165) is 54.0 Å². The molecule has 1 aromatic heterocycles. The second-order valence-corrected chi connectivity index (χ2v) is 9.69. The fourth-order valence-electron chi connectivity index (χ4n) is 5.05. The zero-order valence-electron chi connectivity index (χ0n) is 22.9. The third kappa shape index (κ3) is 7.21. The summed E-state index contributed by atoms with van der Waals surface area (Å²) >= 11 is 0. The summed E-state index contributed by atoms with van der Waals surface area (Å²) in [5, 5.41) is 5.99. The van der Waals surface area contributed by atoms with E-state index < -0.39 is 23.5 Å². The van der Waals surface area contributed by atoms with Crippen molar-refractivity contribution in [2.24, 2.45) is 4.99 Å². The van der Waals surface area contributed by atoms with E-state index in [0.29, 0.717) is 24.7 Å². The molecule has 11 heteroatoms. The van der Waals surface area contributed by atoms with Crippen molar-refractivity contribution in [2.75, 3.05) is 27.3 Å². The third-order valence-electron chi connectivity index (χ3n) is 6.99. The first-order chi connectivity index (χ1) is 19.6. The molecule has 1 atom stereocenters. The van der Waals surface area contributed by atoms with Gasteiger partial charge in [-0.1, -0.05) is 12.7 Å². The van der Waals surface area contributed by atoms with Gasteiger partial charge >= 0.3 is 6.18 Å². The van der Waals surface area contributed by atoms with Gasteiger partial charge in [0.2, 0.25) is 0 Å². The fraction of sp³-hybridized carbons (Fsp3) is 0.367. The molecule has 1 aliphatic carbocycles. The third-order valence-corrected chi connectivity index (χ3v) is 6.99. The van der Waals surface area contributed by atoms with Gasteiger partial charge in [0.15, 0.2) is 0 Å². The first-order valence-corrected chi connectivity index (χ1v) is 13.2. The van der Waals surface area contributed by atoms with Crippen LogP contribution < -0.4 is 10.6 Å². The molecule has 1 aliphatic heterocycles. The van der Waals surface area contributed by atoms with Crippen LogP contribution in [0.15, 0.2) is 71.0 Å². The summed E-state index contributed by atoms with van der Waals surface area (Å²) in [4.78, 5) is 22.1. The number of pyridine rings is 1. The van der Waals surface area contributed by atoms with Crippen LogP contribution in [0.4, 0.5) is 17.6 Å². The molecule has 1 fully saturated rings. The van der Waals surface area contributed by atoms with Gasteiger partial charge in [0.25, 0.3) is 5.91 Å². The van der Waals surface area contributed by atoms with Gasteiger partial charge in [0.05, 0.1) is 42.7 Å². The normalized spacial score (nSPS) is 19.2. The smallest absolute Gasteiger partial charge is 0.417 e. The lowest BCUT2D eigenvalue weighted by Gasteiger charge is -2.17. The fourth-order valence-corrected chi connectivity index (χ4v) is 5.05. The van der Waals surface area contributed by atoms with E-state index in [1.54, 1.807) is 26.6 Å². The average molecular weight is 573 g/mol. The highest BCUT2D eigenvalue weighted by molar-refractivity contribution is 5.95. The van der Waals surface area contributed by atoms with Crippen molar-refractivity contribution >= 4 is 11.7 Å². The number of carbonyl (C=O) groups excluding carboxylic acids is 1. The number of nitrogens with one attached hydrogen (secondary N) is 2. The van der Waals surface area contributed by atoms with Gasteiger partial charge in [-0.3, -0.25) is 14.8 Å². The largest absolute Gasteiger partial charge is 0.504 e. The van der Waals surface area contributed by atoms with E-state index in [2.05, 4.69) is 27.2 Å². The van der Waals surface area contributed by atoms with Gasteiger partial charge < -0.3 is 20.1 Å². The van der Waals surface area contributed by atoms with E-state index in [9.17, 15) is 22.4 Å². The summed E-state index contributed by atoms with van der Waals surface area (Å²) in [5.41, 5.74) is 1.57. The molecule has 2 aliphatic rings. The lowest BCUT2D eigenvalue weighted by molar-refractivity contribution is -0.137. The Bertz CT molecular complexity index is 1400. The van der Waals surface area contributed by atoms with E-state index in [-0.39, 0.29) is 36.0 Å². The highest BCUT2D eigenvalue weighted by atomic mass is 19.4. The first kappa shape index (κ1) is 30.0. The molecule has 218 valence electrons. The molecule has 1 unspecified atom stereocenters. The van der Waals surface area contributed by atoms with Crippen LogP contribution in [0.3, 0.4) is 0 Å². The molecule has 0 bridgehead atoms. The number of halogens is 4. The van der Waals surface area contributed by atoms with Crippen LogP contribution in [0.5, 0.6) is 0 Å². The van der Waals surface area contributed by atoms with Crippen LogP contribution in [0.1, 0.15) is 47.3 Å². The van der Waals surface area contributed by atoms with Gasteiger partial charge in [0.1, 0.15) is 11.9 Å². The number of ether oxygens (including phenoxy) is 2. The molecule has 0 radical (unpaired) electrons. The lowest BCUT2D eigenvalue weighted by atomic mass is 10.0. The molecule has 1 amide bonds. The van der Waals surface area contributed by atoms with Gasteiger partial charge in [-0.05, 0) is 66.3 Å². The molecule has 1 saturated carbocycles. The molecule has 4 rings (SSSR count). The Kier molecular flexibility index (Phi) is 9.59. The molecule has 41 heavy (non-hydrogen) atoms. The average Bonchev–Trinajstić information content (AvgIpc) is 3.62. The number of amides is 1. The minimum Gasteiger partial charge on any atom is -0.504 e. The van der Waals surface area contributed by atoms with E-state index >= 15 is 0 Å². The summed E-state index contributed by atoms with van der Waals surface area (Å²) < 4.78 is 66.1. The minimum atomic E-state index is -4.82. The van der Waals surface area contributed by atoms with Crippen molar-refractivity contribution in [3.8, 4) is 11.3 Å². The Hall–Kier alpha value is -3.99. The predicted molar refractivity (Wildman–Crippen MR) is 148 cm³/mol. The van der Waals surface area contributed by atoms with Crippen molar-refractivity contribution in [3.05, 3.63) is 88.6 Å². The monoisotopic (exact) mass is 572 g/mol. The van der Waals surface area contributed by atoms with Crippen LogP contribution in [0.25, 0.3) is 11.3 Å². The molecule has 0 spiro atoms. The second kappa shape index (κ2) is 13.1. The number of methoxy groups -OCH3 is 2. The Morgan fingerprint density at radius 2 is 1.98 bits per heavy atom. The van der Waals surface area contributed by atoms with Crippen molar-refractivity contribution in [1.82, 2.24) is 15.6 Å². The van der Waals surface area contributed by atoms with E-state index in [1.807, 2.05) is 0 Å². The van der Waals surface area contributed by atoms with Crippen LogP contribution in [-0.2, 0) is 22.2 Å². The summed E-state index contributed by atoms with van der Waals surface area (Å²) in [7, 11) is 3.16. The SMILES string of the molecule is C=C/C(CNC(=O)c1cc(CNC2=NCCC2)nc(-c2ccc(F)cc2C(F)(F)F)c1)=C1/CC/C(=C\OC)C1OC. The molecule has 1 aromatic carbocycles. The van der Waals surface area contributed by atoms with Gasteiger partial charge in [-0.25, -0.2) is 4.39 Å². The number of aliphatic imine (C=N–C) groups is 1. The van der Waals surface area contributed by atoms with Crippen LogP contribution >= 0.6 is 0 Å². The molecule has 0 saturated heterocycles. The quantitative estimate of drug-likeness (QED) is 0.296. The molecule has 7 nitrogen and oxygen atoms in total. The van der Waals surface area contributed by atoms with Crippen LogP contribution in [0, 0.1) is 5.82 Å². The van der Waals surface area contributed by atoms with Gasteiger partial charge in [-0.15, -0.1) is 0 Å².